The van der Waals surface area contributed by atoms with Gasteiger partial charge in [-0.25, -0.2) is 0 Å². The first-order valence-corrected chi connectivity index (χ1v) is 7.85. The first-order chi connectivity index (χ1) is 9.70. The summed E-state index contributed by atoms with van der Waals surface area (Å²) in [4.78, 5) is 16.9. The van der Waals surface area contributed by atoms with Crippen LogP contribution >= 0.6 is 22.7 Å². The maximum Gasteiger partial charge on any atom is 0.372 e. The van der Waals surface area contributed by atoms with Gasteiger partial charge in [-0.05, 0) is 28.4 Å². The van der Waals surface area contributed by atoms with Gasteiger partial charge in [0.05, 0.1) is 6.54 Å². The zero-order valence-electron chi connectivity index (χ0n) is 10.7. The van der Waals surface area contributed by atoms with E-state index in [1.165, 1.54) is 26.2 Å². The van der Waals surface area contributed by atoms with Crippen molar-refractivity contribution in [1.82, 2.24) is 9.38 Å². The van der Waals surface area contributed by atoms with E-state index in [4.69, 9.17) is 0 Å². The molecule has 0 unspecified atom stereocenters. The number of nitrogens with zero attached hydrogens (tertiary/aromatic N) is 3. The first-order valence-electron chi connectivity index (χ1n) is 6.09. The van der Waals surface area contributed by atoms with Crippen molar-refractivity contribution < 1.29 is 4.92 Å². The lowest BCUT2D eigenvalue weighted by Crippen LogP contribution is -2.03. The maximum atomic E-state index is 11.2. The zero-order valence-corrected chi connectivity index (χ0v) is 12.3. The standard InChI is InChI=1S/C12H12N4O2S2/c1-2-8-3-5-19-9(8)7-13-10-11(16(17)18)15-4-6-20-12(15)14-10/h3-6,13H,2,7H2,1H3. The predicted octanol–water partition coefficient (Wildman–Crippen LogP) is 3.54. The second-order valence-electron chi connectivity index (χ2n) is 4.17. The smallest absolute Gasteiger partial charge is 0.358 e. The number of imidazole rings is 1. The number of fused-ring (bicyclic) bond motifs is 1. The molecule has 0 amide bonds. The van der Waals surface area contributed by atoms with E-state index in [1.807, 2.05) is 5.38 Å². The van der Waals surface area contributed by atoms with Gasteiger partial charge in [0, 0.05) is 10.3 Å². The summed E-state index contributed by atoms with van der Waals surface area (Å²) in [5.41, 5.74) is 1.27. The molecule has 0 aliphatic rings. The van der Waals surface area contributed by atoms with Crippen molar-refractivity contribution in [3.8, 4) is 0 Å². The summed E-state index contributed by atoms with van der Waals surface area (Å²) >= 11 is 3.03. The van der Waals surface area contributed by atoms with Gasteiger partial charge in [0.25, 0.3) is 4.96 Å². The number of anilines is 1. The van der Waals surface area contributed by atoms with E-state index in [9.17, 15) is 10.1 Å². The SMILES string of the molecule is CCc1ccsc1CNc1nc2sccn2c1[N+](=O)[O-]. The third-order valence-electron chi connectivity index (χ3n) is 3.04. The summed E-state index contributed by atoms with van der Waals surface area (Å²) in [6, 6.07) is 2.09. The molecule has 0 aliphatic carbocycles. The lowest BCUT2D eigenvalue weighted by atomic mass is 10.2. The molecule has 0 radical (unpaired) electrons. The van der Waals surface area contributed by atoms with Gasteiger partial charge in [0.15, 0.2) is 0 Å². The lowest BCUT2D eigenvalue weighted by Gasteiger charge is -2.03. The molecule has 0 spiro atoms. The molecule has 0 aliphatic heterocycles. The average Bonchev–Trinajstić information content (AvgIpc) is 3.10. The Morgan fingerprint density at radius 1 is 1.45 bits per heavy atom. The first kappa shape index (κ1) is 13.1. The van der Waals surface area contributed by atoms with Crippen LogP contribution in [-0.2, 0) is 13.0 Å². The van der Waals surface area contributed by atoms with E-state index in [1.54, 1.807) is 22.9 Å². The molecule has 3 rings (SSSR count). The lowest BCUT2D eigenvalue weighted by molar-refractivity contribution is -0.389. The van der Waals surface area contributed by atoms with E-state index in [0.29, 0.717) is 17.3 Å². The van der Waals surface area contributed by atoms with E-state index >= 15 is 0 Å². The fourth-order valence-corrected chi connectivity index (χ4v) is 3.69. The number of thiazole rings is 1. The van der Waals surface area contributed by atoms with Gasteiger partial charge >= 0.3 is 5.82 Å². The summed E-state index contributed by atoms with van der Waals surface area (Å²) < 4.78 is 1.50. The number of hydrogen-bond donors (Lipinski definition) is 1. The van der Waals surface area contributed by atoms with Crippen LogP contribution in [0.5, 0.6) is 0 Å². The van der Waals surface area contributed by atoms with Gasteiger partial charge in [0.2, 0.25) is 5.82 Å². The Labute approximate surface area is 122 Å². The Morgan fingerprint density at radius 3 is 3.05 bits per heavy atom. The topological polar surface area (TPSA) is 72.5 Å². The van der Waals surface area contributed by atoms with Gasteiger partial charge in [0.1, 0.15) is 6.20 Å². The van der Waals surface area contributed by atoms with Crippen LogP contribution in [-0.4, -0.2) is 14.3 Å². The Hall–Kier alpha value is -1.93. The minimum atomic E-state index is -0.399. The quantitative estimate of drug-likeness (QED) is 0.578. The van der Waals surface area contributed by atoms with E-state index in [-0.39, 0.29) is 5.82 Å². The highest BCUT2D eigenvalue weighted by Crippen LogP contribution is 2.29. The van der Waals surface area contributed by atoms with Crippen LogP contribution in [0.2, 0.25) is 0 Å². The van der Waals surface area contributed by atoms with Crippen LogP contribution in [0, 0.1) is 10.1 Å². The molecule has 20 heavy (non-hydrogen) atoms. The summed E-state index contributed by atoms with van der Waals surface area (Å²) in [5.74, 6) is 0.327. The molecular formula is C12H12N4O2S2. The van der Waals surface area contributed by atoms with E-state index in [0.717, 1.165) is 6.42 Å². The average molecular weight is 308 g/mol. The van der Waals surface area contributed by atoms with Gasteiger partial charge in [-0.15, -0.1) is 11.3 Å². The van der Waals surface area contributed by atoms with Crippen LogP contribution in [0.1, 0.15) is 17.4 Å². The second-order valence-corrected chi connectivity index (χ2v) is 6.05. The van der Waals surface area contributed by atoms with Crippen molar-refractivity contribution in [2.75, 3.05) is 5.32 Å². The van der Waals surface area contributed by atoms with Crippen molar-refractivity contribution in [1.29, 1.82) is 0 Å². The molecule has 0 saturated heterocycles. The number of nitrogens with one attached hydrogen (secondary N) is 1. The van der Waals surface area contributed by atoms with E-state index < -0.39 is 4.92 Å². The number of hydrogen-bond acceptors (Lipinski definition) is 6. The van der Waals surface area contributed by atoms with Crippen molar-refractivity contribution >= 4 is 39.3 Å². The highest BCUT2D eigenvalue weighted by Gasteiger charge is 2.23. The predicted molar refractivity (Wildman–Crippen MR) is 80.7 cm³/mol. The molecule has 1 N–H and O–H groups in total. The Morgan fingerprint density at radius 2 is 2.30 bits per heavy atom. The van der Waals surface area contributed by atoms with Crippen LogP contribution in [0.4, 0.5) is 11.6 Å². The fourth-order valence-electron chi connectivity index (χ4n) is 2.07. The number of aryl methyl sites for hydroxylation is 1. The number of rotatable bonds is 5. The molecule has 0 atom stereocenters. The number of aromatic nitrogens is 2. The maximum absolute atomic E-state index is 11.2. The van der Waals surface area contributed by atoms with Gasteiger partial charge in [-0.1, -0.05) is 18.3 Å². The highest BCUT2D eigenvalue weighted by molar-refractivity contribution is 7.15. The molecule has 0 aromatic carbocycles. The summed E-state index contributed by atoms with van der Waals surface area (Å²) in [6.07, 6.45) is 2.62. The van der Waals surface area contributed by atoms with Crippen LogP contribution in [0.3, 0.4) is 0 Å². The number of thiophene rings is 1. The van der Waals surface area contributed by atoms with Gasteiger partial charge in [-0.2, -0.15) is 9.38 Å². The third kappa shape index (κ3) is 2.16. The minimum Gasteiger partial charge on any atom is -0.358 e. The van der Waals surface area contributed by atoms with E-state index in [2.05, 4.69) is 23.3 Å². The van der Waals surface area contributed by atoms with Gasteiger partial charge < -0.3 is 15.4 Å². The Balaban J connectivity index is 1.89. The third-order valence-corrected chi connectivity index (χ3v) is 4.76. The molecule has 0 saturated carbocycles. The highest BCUT2D eigenvalue weighted by atomic mass is 32.1. The molecule has 0 fully saturated rings. The zero-order chi connectivity index (χ0) is 14.1. The summed E-state index contributed by atoms with van der Waals surface area (Å²) in [5, 5.41) is 18.1. The van der Waals surface area contributed by atoms with Crippen LogP contribution in [0.15, 0.2) is 23.0 Å². The fraction of sp³-hybridized carbons (Fsp3) is 0.250. The second kappa shape index (κ2) is 5.22. The molecule has 3 aromatic heterocycles. The van der Waals surface area contributed by atoms with Gasteiger partial charge in [-0.3, -0.25) is 0 Å². The number of nitro groups is 1. The monoisotopic (exact) mass is 308 g/mol. The Kier molecular flexibility index (Phi) is 3.41. The Bertz CT molecular complexity index is 759. The van der Waals surface area contributed by atoms with Crippen LogP contribution in [0.25, 0.3) is 4.96 Å². The van der Waals surface area contributed by atoms with Crippen LogP contribution < -0.4 is 5.32 Å². The summed E-state index contributed by atoms with van der Waals surface area (Å²) in [6.45, 7) is 2.66. The molecule has 104 valence electrons. The van der Waals surface area contributed by atoms with Crippen molar-refractivity contribution in [3.63, 3.8) is 0 Å². The van der Waals surface area contributed by atoms with Crippen molar-refractivity contribution in [2.24, 2.45) is 0 Å². The molecule has 8 heteroatoms. The molecule has 3 heterocycles. The van der Waals surface area contributed by atoms with Crippen molar-refractivity contribution in [3.05, 3.63) is 43.6 Å². The normalized spacial score (nSPS) is 11.1. The summed E-state index contributed by atoms with van der Waals surface area (Å²) in [7, 11) is 0. The minimum absolute atomic E-state index is 0.00384. The largest absolute Gasteiger partial charge is 0.372 e. The molecule has 6 nitrogen and oxygen atoms in total. The molecule has 3 aromatic rings. The molecular weight excluding hydrogens is 296 g/mol. The molecule has 0 bridgehead atoms. The van der Waals surface area contributed by atoms with Crippen molar-refractivity contribution in [2.45, 2.75) is 19.9 Å².